The molecule has 172 valence electrons. The number of rotatable bonds is 5. The Balaban J connectivity index is 0.000000186. The number of thiophene rings is 1. The number of halogens is 1. The number of nitrogens with one attached hydrogen (secondary N) is 1. The summed E-state index contributed by atoms with van der Waals surface area (Å²) in [4.78, 5) is 23.5. The van der Waals surface area contributed by atoms with Gasteiger partial charge >= 0.3 is 0 Å². The van der Waals surface area contributed by atoms with Gasteiger partial charge in [-0.05, 0) is 71.8 Å². The first kappa shape index (κ1) is 24.6. The molecule has 0 atom stereocenters. The summed E-state index contributed by atoms with van der Waals surface area (Å²) in [5.74, 6) is 3.47. The lowest BCUT2D eigenvalue weighted by Crippen LogP contribution is -2.30. The molecule has 4 rings (SSSR count). The molecule has 1 aliphatic carbocycles. The van der Waals surface area contributed by atoms with E-state index in [-0.39, 0.29) is 5.91 Å². The summed E-state index contributed by atoms with van der Waals surface area (Å²) in [6.07, 6.45) is 6.52. The Morgan fingerprint density at radius 2 is 1.78 bits per heavy atom. The Bertz CT molecular complexity index is 1030. The van der Waals surface area contributed by atoms with Crippen LogP contribution in [0.3, 0.4) is 0 Å². The molecule has 5 nitrogen and oxygen atoms in total. The number of carbonyl (C=O) groups is 1. The van der Waals surface area contributed by atoms with Gasteiger partial charge in [-0.25, -0.2) is 9.97 Å². The molecule has 0 saturated heterocycles. The molecule has 1 aliphatic rings. The van der Waals surface area contributed by atoms with Gasteiger partial charge in [-0.15, -0.1) is 11.3 Å². The van der Waals surface area contributed by atoms with Crippen molar-refractivity contribution in [2.75, 3.05) is 25.5 Å². The number of benzene rings is 1. The van der Waals surface area contributed by atoms with E-state index in [1.165, 1.54) is 43.4 Å². The molecular weight excluding hydrogens is 484 g/mol. The third kappa shape index (κ3) is 6.75. The van der Waals surface area contributed by atoms with E-state index in [9.17, 15) is 4.79 Å². The van der Waals surface area contributed by atoms with Gasteiger partial charge in [0.2, 0.25) is 0 Å². The predicted molar refractivity (Wildman–Crippen MR) is 139 cm³/mol. The number of nitrogens with zero attached hydrogens (tertiary/aromatic N) is 3. The zero-order chi connectivity index (χ0) is 23.1. The number of aromatic nitrogens is 2. The minimum Gasteiger partial charge on any atom is -0.362 e. The Hall–Kier alpha value is -1.99. The van der Waals surface area contributed by atoms with E-state index in [0.717, 1.165) is 43.7 Å². The third-order valence-electron chi connectivity index (χ3n) is 6.01. The average Bonchev–Trinajstić information content (AvgIpc) is 3.24. The van der Waals surface area contributed by atoms with E-state index in [0.29, 0.717) is 5.92 Å². The van der Waals surface area contributed by atoms with Crippen LogP contribution in [0.1, 0.15) is 54.5 Å². The van der Waals surface area contributed by atoms with Crippen LogP contribution in [-0.2, 0) is 0 Å². The average molecular weight is 518 g/mol. The summed E-state index contributed by atoms with van der Waals surface area (Å²) in [6, 6.07) is 11.9. The number of aryl methyl sites for hydroxylation is 1. The second-order valence-electron chi connectivity index (χ2n) is 8.61. The normalized spacial score (nSPS) is 18.0. The van der Waals surface area contributed by atoms with Crippen molar-refractivity contribution in [3.8, 4) is 0 Å². The largest absolute Gasteiger partial charge is 0.362 e. The van der Waals surface area contributed by atoms with E-state index in [4.69, 9.17) is 0 Å². The fraction of sp³-hybridized carbons (Fsp3) is 0.480. The van der Waals surface area contributed by atoms with Crippen molar-refractivity contribution in [3.05, 3.63) is 50.9 Å². The number of para-hydroxylation sites is 1. The Labute approximate surface area is 203 Å². The third-order valence-corrected chi connectivity index (χ3v) is 7.63. The van der Waals surface area contributed by atoms with E-state index < -0.39 is 0 Å². The van der Waals surface area contributed by atoms with Gasteiger partial charge in [-0.3, -0.25) is 4.79 Å². The van der Waals surface area contributed by atoms with Crippen LogP contribution in [0.2, 0.25) is 0 Å². The summed E-state index contributed by atoms with van der Waals surface area (Å²) in [7, 11) is 3.99. The molecular formula is C25H33BrN4OS. The molecule has 0 bridgehead atoms. The lowest BCUT2D eigenvalue weighted by atomic mass is 9.81. The molecule has 0 aliphatic heterocycles. The van der Waals surface area contributed by atoms with Crippen LogP contribution in [0, 0.1) is 18.8 Å². The van der Waals surface area contributed by atoms with Gasteiger partial charge in [-0.1, -0.05) is 38.3 Å². The zero-order valence-corrected chi connectivity index (χ0v) is 21.8. The molecule has 7 heteroatoms. The minimum atomic E-state index is 0.0725. The molecule has 1 aromatic carbocycles. The zero-order valence-electron chi connectivity index (χ0n) is 19.4. The second kappa shape index (κ2) is 11.8. The highest BCUT2D eigenvalue weighted by molar-refractivity contribution is 9.11. The maximum atomic E-state index is 11.9. The van der Waals surface area contributed by atoms with Crippen LogP contribution in [-0.4, -0.2) is 36.5 Å². The summed E-state index contributed by atoms with van der Waals surface area (Å²) < 4.78 is 1.01. The van der Waals surface area contributed by atoms with E-state index in [1.807, 2.05) is 62.3 Å². The molecule has 32 heavy (non-hydrogen) atoms. The van der Waals surface area contributed by atoms with Gasteiger partial charge in [0.25, 0.3) is 5.91 Å². The highest BCUT2D eigenvalue weighted by atomic mass is 79.9. The summed E-state index contributed by atoms with van der Waals surface area (Å²) in [5.41, 5.74) is 1.00. The summed E-state index contributed by atoms with van der Waals surface area (Å²) >= 11 is 4.87. The lowest BCUT2D eigenvalue weighted by molar-refractivity contribution is 0.0945. The van der Waals surface area contributed by atoms with Crippen molar-refractivity contribution in [3.63, 3.8) is 0 Å². The molecule has 1 saturated carbocycles. The number of carbonyl (C=O) groups excluding carboxylic acids is 1. The molecule has 1 N–H and O–H groups in total. The molecule has 1 fully saturated rings. The van der Waals surface area contributed by atoms with E-state index in [2.05, 4.69) is 38.1 Å². The topological polar surface area (TPSA) is 58.1 Å². The Kier molecular flexibility index (Phi) is 9.05. The highest BCUT2D eigenvalue weighted by Crippen LogP contribution is 2.30. The molecule has 0 unspecified atom stereocenters. The van der Waals surface area contributed by atoms with Crippen molar-refractivity contribution >= 4 is 49.9 Å². The summed E-state index contributed by atoms with van der Waals surface area (Å²) in [5, 5.41) is 4.17. The molecule has 0 radical (unpaired) electrons. The number of hydrogen-bond donors (Lipinski definition) is 1. The maximum absolute atomic E-state index is 11.9. The fourth-order valence-corrected chi connectivity index (χ4v) is 5.42. The highest BCUT2D eigenvalue weighted by Gasteiger charge is 2.20. The standard InChI is InChI=1S/C14H20BrNOS.C11H13N3/c1-2-10-3-5-11(6-4-10)9-16-14(17)12-7-8-13(15)18-12;1-8-12-10-7-5-4-6-9(10)11(13-8)14(2)3/h7-8,10-11H,2-6,9H2,1H3,(H,16,17);4-7H,1-3H3. The molecule has 0 spiro atoms. The van der Waals surface area contributed by atoms with E-state index in [1.54, 1.807) is 0 Å². The molecule has 2 aromatic heterocycles. The van der Waals surface area contributed by atoms with Crippen LogP contribution >= 0.6 is 27.3 Å². The van der Waals surface area contributed by atoms with Gasteiger partial charge in [0, 0.05) is 26.0 Å². The first-order chi connectivity index (χ1) is 15.4. The SMILES string of the molecule is CCC1CCC(CNC(=O)c2ccc(Br)s2)CC1.Cc1nc(N(C)C)c2ccccc2n1. The first-order valence-electron chi connectivity index (χ1n) is 11.3. The van der Waals surface area contributed by atoms with Crippen molar-refractivity contribution < 1.29 is 4.79 Å². The van der Waals surface area contributed by atoms with Crippen LogP contribution in [0.5, 0.6) is 0 Å². The van der Waals surface area contributed by atoms with Crippen molar-refractivity contribution in [1.82, 2.24) is 15.3 Å². The van der Waals surface area contributed by atoms with Crippen molar-refractivity contribution in [1.29, 1.82) is 0 Å². The lowest BCUT2D eigenvalue weighted by Gasteiger charge is -2.27. The minimum absolute atomic E-state index is 0.0725. The van der Waals surface area contributed by atoms with Crippen LogP contribution in [0.15, 0.2) is 40.2 Å². The smallest absolute Gasteiger partial charge is 0.261 e. The predicted octanol–water partition coefficient (Wildman–Crippen LogP) is 6.46. The molecule has 1 amide bonds. The monoisotopic (exact) mass is 516 g/mol. The fourth-order valence-electron chi connectivity index (χ4n) is 4.12. The van der Waals surface area contributed by atoms with Gasteiger partial charge < -0.3 is 10.2 Å². The van der Waals surface area contributed by atoms with Crippen LogP contribution < -0.4 is 10.2 Å². The second-order valence-corrected chi connectivity index (χ2v) is 11.1. The van der Waals surface area contributed by atoms with Gasteiger partial charge in [0.15, 0.2) is 0 Å². The van der Waals surface area contributed by atoms with Gasteiger partial charge in [0.05, 0.1) is 14.2 Å². The Morgan fingerprint density at radius 1 is 1.09 bits per heavy atom. The maximum Gasteiger partial charge on any atom is 0.261 e. The van der Waals surface area contributed by atoms with E-state index >= 15 is 0 Å². The van der Waals surface area contributed by atoms with Crippen molar-refractivity contribution in [2.24, 2.45) is 11.8 Å². The summed E-state index contributed by atoms with van der Waals surface area (Å²) in [6.45, 7) is 5.03. The number of amides is 1. The van der Waals surface area contributed by atoms with Crippen molar-refractivity contribution in [2.45, 2.75) is 46.0 Å². The van der Waals surface area contributed by atoms with Crippen LogP contribution in [0.4, 0.5) is 5.82 Å². The quantitative estimate of drug-likeness (QED) is 0.422. The Morgan fingerprint density at radius 3 is 2.41 bits per heavy atom. The number of hydrogen-bond acceptors (Lipinski definition) is 5. The number of fused-ring (bicyclic) bond motifs is 1. The van der Waals surface area contributed by atoms with Gasteiger partial charge in [0.1, 0.15) is 11.6 Å². The molecule has 3 aromatic rings. The first-order valence-corrected chi connectivity index (χ1v) is 12.9. The van der Waals surface area contributed by atoms with Gasteiger partial charge in [-0.2, -0.15) is 0 Å². The molecule has 2 heterocycles. The van der Waals surface area contributed by atoms with Crippen LogP contribution in [0.25, 0.3) is 10.9 Å². The number of anilines is 1.